The first-order valence-electron chi connectivity index (χ1n) is 3.60. The van der Waals surface area contributed by atoms with Gasteiger partial charge in [0.25, 0.3) is 17.7 Å². The molecular formula is C7H6F2N2O3. The molecule has 0 aliphatic heterocycles. The number of H-pyrrole nitrogens is 1. The summed E-state index contributed by atoms with van der Waals surface area (Å²) in [5, 5.41) is 10.4. The van der Waals surface area contributed by atoms with Gasteiger partial charge >= 0.3 is 0 Å². The number of pyridine rings is 1. The van der Waals surface area contributed by atoms with Crippen molar-refractivity contribution >= 4 is 5.69 Å². The van der Waals surface area contributed by atoms with Gasteiger partial charge < -0.3 is 4.98 Å². The number of aryl methyl sites for hydroxylation is 1. The average molecular weight is 204 g/mol. The van der Waals surface area contributed by atoms with E-state index in [9.17, 15) is 23.7 Å². The Hall–Kier alpha value is -1.79. The van der Waals surface area contributed by atoms with Crippen molar-refractivity contribution in [2.45, 2.75) is 13.3 Å². The minimum atomic E-state index is -2.98. The molecule has 0 amide bonds. The zero-order valence-corrected chi connectivity index (χ0v) is 7.08. The molecule has 0 fully saturated rings. The number of hydrogen-bond donors (Lipinski definition) is 1. The highest BCUT2D eigenvalue weighted by atomic mass is 19.3. The third-order valence-electron chi connectivity index (χ3n) is 1.67. The SMILES string of the molecule is Cc1[nH]c(=O)cc([N+](=O)[O-])c1C(F)F. The van der Waals surface area contributed by atoms with Crippen LogP contribution in [-0.2, 0) is 0 Å². The van der Waals surface area contributed by atoms with Crippen LogP contribution in [0, 0.1) is 17.0 Å². The van der Waals surface area contributed by atoms with Gasteiger partial charge in [0, 0.05) is 5.69 Å². The lowest BCUT2D eigenvalue weighted by atomic mass is 10.2. The van der Waals surface area contributed by atoms with Gasteiger partial charge in [-0.15, -0.1) is 0 Å². The molecule has 0 aromatic carbocycles. The van der Waals surface area contributed by atoms with Crippen LogP contribution in [0.3, 0.4) is 0 Å². The van der Waals surface area contributed by atoms with E-state index in [2.05, 4.69) is 4.98 Å². The zero-order chi connectivity index (χ0) is 10.9. The maximum absolute atomic E-state index is 12.4. The monoisotopic (exact) mass is 204 g/mol. The van der Waals surface area contributed by atoms with Gasteiger partial charge in [0.05, 0.1) is 11.0 Å². The summed E-state index contributed by atoms with van der Waals surface area (Å²) in [5.41, 5.74) is -2.53. The maximum atomic E-state index is 12.4. The molecule has 7 heteroatoms. The molecule has 0 saturated carbocycles. The minimum absolute atomic E-state index is 0.181. The van der Waals surface area contributed by atoms with Gasteiger partial charge in [-0.25, -0.2) is 8.78 Å². The van der Waals surface area contributed by atoms with E-state index < -0.39 is 28.2 Å². The zero-order valence-electron chi connectivity index (χ0n) is 7.08. The third-order valence-corrected chi connectivity index (χ3v) is 1.67. The molecule has 1 aromatic rings. The maximum Gasteiger partial charge on any atom is 0.285 e. The van der Waals surface area contributed by atoms with Crippen LogP contribution in [0.5, 0.6) is 0 Å². The van der Waals surface area contributed by atoms with Gasteiger partial charge in [-0.3, -0.25) is 14.9 Å². The molecule has 0 bridgehead atoms. The van der Waals surface area contributed by atoms with E-state index >= 15 is 0 Å². The molecule has 0 spiro atoms. The Labute approximate surface area is 76.5 Å². The van der Waals surface area contributed by atoms with E-state index in [-0.39, 0.29) is 5.69 Å². The van der Waals surface area contributed by atoms with Crippen molar-refractivity contribution in [1.29, 1.82) is 0 Å². The summed E-state index contributed by atoms with van der Waals surface area (Å²) in [5.74, 6) is 0. The van der Waals surface area contributed by atoms with Crippen molar-refractivity contribution in [3.8, 4) is 0 Å². The van der Waals surface area contributed by atoms with Crippen LogP contribution in [0.2, 0.25) is 0 Å². The summed E-state index contributed by atoms with van der Waals surface area (Å²) in [4.78, 5) is 22.2. The normalized spacial score (nSPS) is 10.6. The molecule has 14 heavy (non-hydrogen) atoms. The van der Waals surface area contributed by atoms with Crippen LogP contribution in [0.4, 0.5) is 14.5 Å². The molecule has 0 aliphatic carbocycles. The predicted octanol–water partition coefficient (Wildman–Crippen LogP) is 1.53. The number of rotatable bonds is 2. The van der Waals surface area contributed by atoms with Crippen molar-refractivity contribution in [3.05, 3.63) is 37.8 Å². The Kier molecular flexibility index (Phi) is 2.59. The van der Waals surface area contributed by atoms with Crippen molar-refractivity contribution in [1.82, 2.24) is 4.98 Å². The average Bonchev–Trinajstić information content (AvgIpc) is 2.01. The van der Waals surface area contributed by atoms with E-state index in [0.29, 0.717) is 6.07 Å². The Morgan fingerprint density at radius 3 is 2.57 bits per heavy atom. The second-order valence-electron chi connectivity index (χ2n) is 2.62. The van der Waals surface area contributed by atoms with Gasteiger partial charge in [0.1, 0.15) is 5.56 Å². The second-order valence-corrected chi connectivity index (χ2v) is 2.62. The smallest absolute Gasteiger partial charge is 0.285 e. The summed E-state index contributed by atoms with van der Waals surface area (Å²) in [7, 11) is 0. The number of alkyl halides is 2. The number of nitrogens with zero attached hydrogens (tertiary/aromatic N) is 1. The summed E-state index contributed by atoms with van der Waals surface area (Å²) in [6, 6.07) is 0.550. The number of aromatic amines is 1. The number of nitro groups is 1. The van der Waals surface area contributed by atoms with E-state index in [0.717, 1.165) is 0 Å². The van der Waals surface area contributed by atoms with Crippen LogP contribution in [0.15, 0.2) is 10.9 Å². The van der Waals surface area contributed by atoms with Crippen molar-refractivity contribution in [2.24, 2.45) is 0 Å². The molecule has 1 N–H and O–H groups in total. The highest BCUT2D eigenvalue weighted by molar-refractivity contribution is 5.42. The third kappa shape index (κ3) is 1.76. The van der Waals surface area contributed by atoms with E-state index in [1.165, 1.54) is 6.92 Å². The van der Waals surface area contributed by atoms with Crippen molar-refractivity contribution in [3.63, 3.8) is 0 Å². The molecule has 1 heterocycles. The first kappa shape index (κ1) is 10.3. The summed E-state index contributed by atoms with van der Waals surface area (Å²) >= 11 is 0. The lowest BCUT2D eigenvalue weighted by molar-refractivity contribution is -0.386. The van der Waals surface area contributed by atoms with Gasteiger partial charge in [-0.2, -0.15) is 0 Å². The molecule has 0 atom stereocenters. The van der Waals surface area contributed by atoms with Crippen LogP contribution in [0.25, 0.3) is 0 Å². The number of nitrogens with one attached hydrogen (secondary N) is 1. The summed E-state index contributed by atoms with van der Waals surface area (Å²) in [6.45, 7) is 1.19. The molecule has 76 valence electrons. The number of hydrogen-bond acceptors (Lipinski definition) is 3. The van der Waals surface area contributed by atoms with Gasteiger partial charge in [0.2, 0.25) is 0 Å². The van der Waals surface area contributed by atoms with Gasteiger partial charge in [-0.05, 0) is 6.92 Å². The molecule has 5 nitrogen and oxygen atoms in total. The lowest BCUT2D eigenvalue weighted by Crippen LogP contribution is -2.11. The van der Waals surface area contributed by atoms with Crippen molar-refractivity contribution in [2.75, 3.05) is 0 Å². The molecule has 0 radical (unpaired) electrons. The molecular weight excluding hydrogens is 198 g/mol. The number of halogens is 2. The fourth-order valence-corrected chi connectivity index (χ4v) is 1.11. The first-order chi connectivity index (χ1) is 6.43. The van der Waals surface area contributed by atoms with Crippen molar-refractivity contribution < 1.29 is 13.7 Å². The fraction of sp³-hybridized carbons (Fsp3) is 0.286. The Bertz CT molecular complexity index is 427. The summed E-state index contributed by atoms with van der Waals surface area (Å²) < 4.78 is 24.7. The number of aromatic nitrogens is 1. The summed E-state index contributed by atoms with van der Waals surface area (Å²) in [6.07, 6.45) is -2.98. The standard InChI is InChI=1S/C7H6F2N2O3/c1-3-6(7(8)9)4(11(13)14)2-5(12)10-3/h2,7H,1H3,(H,10,12). The largest absolute Gasteiger partial charge is 0.326 e. The Morgan fingerprint density at radius 2 is 2.14 bits per heavy atom. The minimum Gasteiger partial charge on any atom is -0.326 e. The lowest BCUT2D eigenvalue weighted by Gasteiger charge is -2.03. The van der Waals surface area contributed by atoms with Gasteiger partial charge in [-0.1, -0.05) is 0 Å². The first-order valence-corrected chi connectivity index (χ1v) is 3.60. The Balaban J connectivity index is 3.52. The van der Waals surface area contributed by atoms with Gasteiger partial charge in [0.15, 0.2) is 0 Å². The van der Waals surface area contributed by atoms with E-state index in [4.69, 9.17) is 0 Å². The quantitative estimate of drug-likeness (QED) is 0.586. The van der Waals surface area contributed by atoms with E-state index in [1.54, 1.807) is 0 Å². The molecule has 1 rings (SSSR count). The second kappa shape index (κ2) is 3.52. The Morgan fingerprint density at radius 1 is 1.57 bits per heavy atom. The van der Waals surface area contributed by atoms with Crippen LogP contribution in [0.1, 0.15) is 17.7 Å². The molecule has 0 unspecified atom stereocenters. The molecule has 0 aliphatic rings. The van der Waals surface area contributed by atoms with Crippen LogP contribution < -0.4 is 5.56 Å². The predicted molar refractivity (Wildman–Crippen MR) is 43.4 cm³/mol. The molecule has 1 aromatic heterocycles. The van der Waals surface area contributed by atoms with E-state index in [1.807, 2.05) is 0 Å². The van der Waals surface area contributed by atoms with Crippen LogP contribution in [-0.4, -0.2) is 9.91 Å². The topological polar surface area (TPSA) is 76.0 Å². The van der Waals surface area contributed by atoms with Crippen LogP contribution >= 0.6 is 0 Å². The highest BCUT2D eigenvalue weighted by Gasteiger charge is 2.24. The molecule has 0 saturated heterocycles. The highest BCUT2D eigenvalue weighted by Crippen LogP contribution is 2.28. The fourth-order valence-electron chi connectivity index (χ4n) is 1.11.